The van der Waals surface area contributed by atoms with E-state index in [1.54, 1.807) is 0 Å². The van der Waals surface area contributed by atoms with Crippen molar-refractivity contribution < 1.29 is 14.7 Å². The van der Waals surface area contributed by atoms with E-state index < -0.39 is 12.0 Å². The lowest BCUT2D eigenvalue weighted by atomic mass is 10.1. The number of hydrogen-bond donors (Lipinski definition) is 1. The van der Waals surface area contributed by atoms with E-state index in [0.717, 1.165) is 18.0 Å². The van der Waals surface area contributed by atoms with E-state index in [1.807, 2.05) is 20.8 Å². The summed E-state index contributed by atoms with van der Waals surface area (Å²) in [5.41, 5.74) is 0.677. The summed E-state index contributed by atoms with van der Waals surface area (Å²) < 4.78 is 3.86. The minimum atomic E-state index is -0.950. The minimum absolute atomic E-state index is 0.116. The molecule has 1 amide bonds. The largest absolute Gasteiger partial charge is 0.480 e. The lowest BCUT2D eigenvalue weighted by Gasteiger charge is -2.29. The summed E-state index contributed by atoms with van der Waals surface area (Å²) in [4.78, 5) is 26.2. The van der Waals surface area contributed by atoms with Crippen molar-refractivity contribution in [3.63, 3.8) is 0 Å². The maximum absolute atomic E-state index is 12.8. The van der Waals surface area contributed by atoms with Gasteiger partial charge >= 0.3 is 5.97 Å². The van der Waals surface area contributed by atoms with Crippen LogP contribution in [0.25, 0.3) is 0 Å². The fourth-order valence-electron chi connectivity index (χ4n) is 2.38. The van der Waals surface area contributed by atoms with Gasteiger partial charge in [0.1, 0.15) is 10.9 Å². The van der Waals surface area contributed by atoms with Crippen LogP contribution in [0.3, 0.4) is 0 Å². The molecule has 8 heteroatoms. The average Bonchev–Trinajstić information content (AvgIpc) is 3.04. The zero-order valence-electron chi connectivity index (χ0n) is 12.3. The SMILES string of the molecule is CCCc1nnsc1C(=O)N1C(C(=O)O)CSC1C(C)C. The first kappa shape index (κ1) is 16.2. The van der Waals surface area contributed by atoms with Crippen LogP contribution in [0.1, 0.15) is 42.6 Å². The van der Waals surface area contributed by atoms with Gasteiger partial charge < -0.3 is 10.0 Å². The maximum Gasteiger partial charge on any atom is 0.327 e. The first-order valence-electron chi connectivity index (χ1n) is 6.95. The van der Waals surface area contributed by atoms with Crippen LogP contribution in [-0.4, -0.2) is 48.6 Å². The molecule has 1 saturated heterocycles. The van der Waals surface area contributed by atoms with Crippen LogP contribution in [0.5, 0.6) is 0 Å². The van der Waals surface area contributed by atoms with Crippen molar-refractivity contribution in [1.82, 2.24) is 14.5 Å². The number of carboxylic acids is 1. The molecule has 1 aromatic rings. The first-order valence-corrected chi connectivity index (χ1v) is 8.77. The standard InChI is InChI=1S/C13H19N3O3S2/c1-4-5-8-10(21-15-14-8)11(17)16-9(13(18)19)6-20-12(16)7(2)3/h7,9,12H,4-6H2,1-3H3,(H,18,19). The summed E-state index contributed by atoms with van der Waals surface area (Å²) >= 11 is 2.59. The number of carbonyl (C=O) groups is 2. The third-order valence-corrected chi connectivity index (χ3v) is 5.74. The highest BCUT2D eigenvalue weighted by atomic mass is 32.2. The Bertz CT molecular complexity index is 532. The van der Waals surface area contributed by atoms with Gasteiger partial charge in [-0.1, -0.05) is 31.7 Å². The smallest absolute Gasteiger partial charge is 0.327 e. The van der Waals surface area contributed by atoms with Crippen molar-refractivity contribution in [2.45, 2.75) is 45.0 Å². The molecule has 2 heterocycles. The van der Waals surface area contributed by atoms with Crippen LogP contribution < -0.4 is 0 Å². The molecule has 0 aromatic carbocycles. The molecule has 0 aliphatic carbocycles. The van der Waals surface area contributed by atoms with Gasteiger partial charge in [-0.15, -0.1) is 16.9 Å². The second kappa shape index (κ2) is 6.74. The summed E-state index contributed by atoms with van der Waals surface area (Å²) in [6.45, 7) is 6.01. The minimum Gasteiger partial charge on any atom is -0.480 e. The highest BCUT2D eigenvalue weighted by Gasteiger charge is 2.44. The van der Waals surface area contributed by atoms with Crippen LogP contribution in [0, 0.1) is 5.92 Å². The Hall–Kier alpha value is -1.15. The summed E-state index contributed by atoms with van der Waals surface area (Å²) in [5, 5.41) is 13.3. The Morgan fingerprint density at radius 1 is 1.48 bits per heavy atom. The van der Waals surface area contributed by atoms with E-state index in [9.17, 15) is 14.7 Å². The van der Waals surface area contributed by atoms with Gasteiger partial charge in [0.2, 0.25) is 0 Å². The number of nitrogens with zero attached hydrogens (tertiary/aromatic N) is 3. The molecule has 1 N–H and O–H groups in total. The molecule has 0 spiro atoms. The summed E-state index contributed by atoms with van der Waals surface area (Å²) in [6.07, 6.45) is 1.55. The molecule has 1 aromatic heterocycles. The van der Waals surface area contributed by atoms with E-state index in [1.165, 1.54) is 16.7 Å². The lowest BCUT2D eigenvalue weighted by molar-refractivity contribution is -0.141. The van der Waals surface area contributed by atoms with Crippen molar-refractivity contribution in [1.29, 1.82) is 0 Å². The molecule has 0 radical (unpaired) electrons. The van der Waals surface area contributed by atoms with Crippen LogP contribution in [0.2, 0.25) is 0 Å². The quantitative estimate of drug-likeness (QED) is 0.891. The van der Waals surface area contributed by atoms with Crippen molar-refractivity contribution >= 4 is 35.2 Å². The van der Waals surface area contributed by atoms with Crippen molar-refractivity contribution in [3.8, 4) is 0 Å². The number of aliphatic carboxylic acids is 1. The van der Waals surface area contributed by atoms with Gasteiger partial charge in [0.15, 0.2) is 0 Å². The van der Waals surface area contributed by atoms with Gasteiger partial charge in [0.05, 0.1) is 11.1 Å². The molecule has 1 fully saturated rings. The van der Waals surface area contributed by atoms with Crippen LogP contribution in [-0.2, 0) is 11.2 Å². The number of carboxylic acid groups (broad SMARTS) is 1. The molecule has 6 nitrogen and oxygen atoms in total. The van der Waals surface area contributed by atoms with Crippen molar-refractivity contribution in [2.24, 2.45) is 5.92 Å². The fraction of sp³-hybridized carbons (Fsp3) is 0.692. The maximum atomic E-state index is 12.8. The summed E-state index contributed by atoms with van der Waals surface area (Å²) in [7, 11) is 0. The molecule has 2 atom stereocenters. The predicted octanol–water partition coefficient (Wildman–Crippen LogP) is 2.11. The highest BCUT2D eigenvalue weighted by Crippen LogP contribution is 2.36. The Morgan fingerprint density at radius 3 is 2.76 bits per heavy atom. The van der Waals surface area contributed by atoms with Gasteiger partial charge in [0.25, 0.3) is 5.91 Å². The van der Waals surface area contributed by atoms with E-state index >= 15 is 0 Å². The molecule has 0 saturated carbocycles. The van der Waals surface area contributed by atoms with Gasteiger partial charge in [-0.2, -0.15) is 0 Å². The number of carbonyl (C=O) groups excluding carboxylic acids is 1. The van der Waals surface area contributed by atoms with Crippen molar-refractivity contribution in [2.75, 3.05) is 5.75 Å². The number of amides is 1. The lowest BCUT2D eigenvalue weighted by Crippen LogP contribution is -2.47. The fourth-order valence-corrected chi connectivity index (χ4v) is 4.50. The topological polar surface area (TPSA) is 83.4 Å². The van der Waals surface area contributed by atoms with E-state index in [2.05, 4.69) is 9.59 Å². The number of hydrogen-bond acceptors (Lipinski definition) is 6. The Morgan fingerprint density at radius 2 is 2.19 bits per heavy atom. The average molecular weight is 329 g/mol. The number of aryl methyl sites for hydroxylation is 1. The molecule has 1 aliphatic heterocycles. The first-order chi connectivity index (χ1) is 9.97. The zero-order chi connectivity index (χ0) is 15.6. The summed E-state index contributed by atoms with van der Waals surface area (Å²) in [5.74, 6) is -0.573. The second-order valence-corrected chi connectivity index (χ2v) is 7.24. The predicted molar refractivity (Wildman–Crippen MR) is 82.6 cm³/mol. The molecule has 0 bridgehead atoms. The van der Waals surface area contributed by atoms with Gasteiger partial charge in [-0.05, 0) is 23.9 Å². The summed E-state index contributed by atoms with van der Waals surface area (Å²) in [6, 6.07) is -0.772. The van der Waals surface area contributed by atoms with Gasteiger partial charge in [-0.25, -0.2) is 4.79 Å². The van der Waals surface area contributed by atoms with Gasteiger partial charge in [-0.3, -0.25) is 4.79 Å². The van der Waals surface area contributed by atoms with Crippen LogP contribution >= 0.6 is 23.3 Å². The van der Waals surface area contributed by atoms with E-state index in [0.29, 0.717) is 22.7 Å². The molecule has 21 heavy (non-hydrogen) atoms. The molecular formula is C13H19N3O3S2. The third-order valence-electron chi connectivity index (χ3n) is 3.36. The van der Waals surface area contributed by atoms with Gasteiger partial charge in [0, 0.05) is 5.75 Å². The van der Waals surface area contributed by atoms with Crippen LogP contribution in [0.15, 0.2) is 0 Å². The van der Waals surface area contributed by atoms with Crippen molar-refractivity contribution in [3.05, 3.63) is 10.6 Å². The normalized spacial score (nSPS) is 22.0. The highest BCUT2D eigenvalue weighted by molar-refractivity contribution is 8.00. The Balaban J connectivity index is 2.32. The third kappa shape index (κ3) is 3.21. The molecule has 1 aliphatic rings. The molecule has 116 valence electrons. The molecular weight excluding hydrogens is 310 g/mol. The molecule has 2 unspecified atom stereocenters. The Kier molecular flexibility index (Phi) is 5.21. The monoisotopic (exact) mass is 329 g/mol. The zero-order valence-corrected chi connectivity index (χ0v) is 13.9. The van der Waals surface area contributed by atoms with Crippen LogP contribution in [0.4, 0.5) is 0 Å². The molecule has 2 rings (SSSR count). The number of aromatic nitrogens is 2. The number of thioether (sulfide) groups is 1. The van der Waals surface area contributed by atoms with E-state index in [-0.39, 0.29) is 17.2 Å². The Labute approximate surface area is 132 Å². The number of rotatable bonds is 5. The second-order valence-electron chi connectivity index (χ2n) is 5.33. The van der Waals surface area contributed by atoms with E-state index in [4.69, 9.17) is 0 Å².